The molecule has 1 aliphatic carbocycles. The summed E-state index contributed by atoms with van der Waals surface area (Å²) in [6.45, 7) is -0.0960. The van der Waals surface area contributed by atoms with Crippen molar-refractivity contribution in [3.05, 3.63) is 42.7 Å². The maximum absolute atomic E-state index is 12.4. The van der Waals surface area contributed by atoms with Crippen LogP contribution in [0.5, 0.6) is 0 Å². The Morgan fingerprint density at radius 1 is 1.25 bits per heavy atom. The van der Waals surface area contributed by atoms with Gasteiger partial charge in [-0.05, 0) is 25.0 Å². The number of para-hydroxylation sites is 1. The first-order valence-corrected chi connectivity index (χ1v) is 9.24. The van der Waals surface area contributed by atoms with E-state index in [1.54, 1.807) is 0 Å². The Balaban J connectivity index is 1.77. The van der Waals surface area contributed by atoms with Crippen LogP contribution in [0.3, 0.4) is 0 Å². The number of sulfonamides is 1. The molecule has 0 atom stereocenters. The fourth-order valence-corrected chi connectivity index (χ4v) is 4.06. The van der Waals surface area contributed by atoms with E-state index in [1.807, 2.05) is 30.3 Å². The topological polar surface area (TPSA) is 101 Å². The first kappa shape index (κ1) is 16.7. The molecule has 3 rings (SSSR count). The zero-order valence-corrected chi connectivity index (χ0v) is 13.9. The van der Waals surface area contributed by atoms with Crippen molar-refractivity contribution in [1.29, 1.82) is 0 Å². The van der Waals surface area contributed by atoms with Crippen molar-refractivity contribution in [1.82, 2.24) is 14.5 Å². The minimum Gasteiger partial charge on any atom is -0.481 e. The highest BCUT2D eigenvalue weighted by atomic mass is 32.2. The molecule has 0 bridgehead atoms. The summed E-state index contributed by atoms with van der Waals surface area (Å²) in [5, 5.41) is 13.5. The summed E-state index contributed by atoms with van der Waals surface area (Å²) in [6, 6.07) is 9.16. The number of carboxylic acid groups (broad SMARTS) is 1. The third-order valence-electron chi connectivity index (χ3n) is 4.50. The zero-order chi connectivity index (χ0) is 17.2. The second-order valence-corrected chi connectivity index (χ2v) is 7.84. The Hall–Kier alpha value is -2.19. The third kappa shape index (κ3) is 3.20. The molecule has 1 saturated carbocycles. The van der Waals surface area contributed by atoms with Crippen molar-refractivity contribution in [3.63, 3.8) is 0 Å². The number of carboxylic acids is 1. The average Bonchev–Trinajstić information content (AvgIpc) is 3.24. The highest BCUT2D eigenvalue weighted by Gasteiger charge is 2.42. The van der Waals surface area contributed by atoms with E-state index in [0.29, 0.717) is 12.8 Å². The first-order chi connectivity index (χ1) is 11.4. The number of hydrogen-bond acceptors (Lipinski definition) is 4. The fraction of sp³-hybridized carbons (Fsp3) is 0.375. The fourth-order valence-electron chi connectivity index (χ4n) is 3.00. The summed E-state index contributed by atoms with van der Waals surface area (Å²) in [4.78, 5) is 11.5. The molecule has 24 heavy (non-hydrogen) atoms. The van der Waals surface area contributed by atoms with Gasteiger partial charge in [0, 0.05) is 6.54 Å². The van der Waals surface area contributed by atoms with Crippen LogP contribution >= 0.6 is 0 Å². The monoisotopic (exact) mass is 349 g/mol. The van der Waals surface area contributed by atoms with Gasteiger partial charge in [0.15, 0.2) is 0 Å². The molecule has 0 radical (unpaired) electrons. The molecule has 1 aromatic carbocycles. The highest BCUT2D eigenvalue weighted by molar-refractivity contribution is 7.89. The standard InChI is InChI=1S/C16H19N3O4S/c20-15(21)16(8-4-5-9-16)12-18-24(22,23)14-10-17-19(11-14)13-6-2-1-3-7-13/h1-3,6-7,10-11,18H,4-5,8-9,12H2,(H,20,21). The van der Waals surface area contributed by atoms with Crippen molar-refractivity contribution in [2.45, 2.75) is 30.6 Å². The van der Waals surface area contributed by atoms with E-state index in [2.05, 4.69) is 9.82 Å². The maximum Gasteiger partial charge on any atom is 0.310 e. The number of nitrogens with one attached hydrogen (secondary N) is 1. The van der Waals surface area contributed by atoms with E-state index in [4.69, 9.17) is 0 Å². The summed E-state index contributed by atoms with van der Waals surface area (Å²) in [5.41, 5.74) is -0.251. The van der Waals surface area contributed by atoms with Gasteiger partial charge in [-0.1, -0.05) is 31.0 Å². The summed E-state index contributed by atoms with van der Waals surface area (Å²) in [5.74, 6) is -0.942. The molecule has 0 amide bonds. The molecule has 1 aromatic heterocycles. The highest BCUT2D eigenvalue weighted by Crippen LogP contribution is 2.38. The molecule has 8 heteroatoms. The predicted octanol–water partition coefficient (Wildman–Crippen LogP) is 1.80. The van der Waals surface area contributed by atoms with Crippen LogP contribution in [0.25, 0.3) is 5.69 Å². The van der Waals surface area contributed by atoms with Crippen LogP contribution in [0.4, 0.5) is 0 Å². The van der Waals surface area contributed by atoms with Gasteiger partial charge in [0.25, 0.3) is 0 Å². The van der Waals surface area contributed by atoms with Crippen LogP contribution in [-0.4, -0.2) is 35.8 Å². The van der Waals surface area contributed by atoms with Crippen LogP contribution in [0.2, 0.25) is 0 Å². The minimum atomic E-state index is -3.80. The summed E-state index contributed by atoms with van der Waals surface area (Å²) < 4.78 is 28.8. The lowest BCUT2D eigenvalue weighted by Crippen LogP contribution is -2.41. The number of benzene rings is 1. The Bertz CT molecular complexity index is 824. The SMILES string of the molecule is O=C(O)C1(CNS(=O)(=O)c2cnn(-c3ccccc3)c2)CCCC1. The quantitative estimate of drug-likeness (QED) is 0.828. The van der Waals surface area contributed by atoms with Gasteiger partial charge in [-0.2, -0.15) is 5.10 Å². The van der Waals surface area contributed by atoms with E-state index in [0.717, 1.165) is 18.5 Å². The summed E-state index contributed by atoms with van der Waals surface area (Å²) in [7, 11) is -3.80. The number of nitrogens with zero attached hydrogens (tertiary/aromatic N) is 2. The number of carbonyl (C=O) groups is 1. The van der Waals surface area contributed by atoms with Crippen LogP contribution in [-0.2, 0) is 14.8 Å². The van der Waals surface area contributed by atoms with E-state index < -0.39 is 21.4 Å². The Kier molecular flexibility index (Phi) is 4.42. The smallest absolute Gasteiger partial charge is 0.310 e. The van der Waals surface area contributed by atoms with Gasteiger partial charge < -0.3 is 5.11 Å². The van der Waals surface area contributed by atoms with Gasteiger partial charge in [-0.3, -0.25) is 4.79 Å². The van der Waals surface area contributed by atoms with Crippen LogP contribution in [0, 0.1) is 5.41 Å². The van der Waals surface area contributed by atoms with Gasteiger partial charge in [0.2, 0.25) is 10.0 Å². The van der Waals surface area contributed by atoms with E-state index in [-0.39, 0.29) is 11.4 Å². The van der Waals surface area contributed by atoms with Crippen molar-refractivity contribution < 1.29 is 18.3 Å². The molecule has 0 spiro atoms. The van der Waals surface area contributed by atoms with E-state index >= 15 is 0 Å². The Morgan fingerprint density at radius 3 is 2.54 bits per heavy atom. The molecule has 1 fully saturated rings. The molecular formula is C16H19N3O4S. The zero-order valence-electron chi connectivity index (χ0n) is 13.1. The molecule has 0 aliphatic heterocycles. The number of aromatic nitrogens is 2. The molecule has 128 valence electrons. The van der Waals surface area contributed by atoms with Crippen LogP contribution in [0.15, 0.2) is 47.6 Å². The van der Waals surface area contributed by atoms with Gasteiger partial charge in [0.05, 0.1) is 23.5 Å². The average molecular weight is 349 g/mol. The second kappa shape index (κ2) is 6.37. The normalized spacial score (nSPS) is 17.0. The predicted molar refractivity (Wildman–Crippen MR) is 87.3 cm³/mol. The molecule has 0 unspecified atom stereocenters. The Morgan fingerprint density at radius 2 is 1.92 bits per heavy atom. The molecule has 0 saturated heterocycles. The third-order valence-corrected chi connectivity index (χ3v) is 5.86. The lowest BCUT2D eigenvalue weighted by atomic mass is 9.87. The van der Waals surface area contributed by atoms with Crippen molar-refractivity contribution in [2.75, 3.05) is 6.54 Å². The molecular weight excluding hydrogens is 330 g/mol. The number of aliphatic carboxylic acids is 1. The first-order valence-electron chi connectivity index (χ1n) is 7.76. The molecule has 2 N–H and O–H groups in total. The number of rotatable bonds is 6. The van der Waals surface area contributed by atoms with Gasteiger partial charge in [-0.25, -0.2) is 17.8 Å². The van der Waals surface area contributed by atoms with Crippen molar-refractivity contribution in [3.8, 4) is 5.69 Å². The Labute approximate surface area is 140 Å². The van der Waals surface area contributed by atoms with E-state index in [9.17, 15) is 18.3 Å². The summed E-state index contributed by atoms with van der Waals surface area (Å²) in [6.07, 6.45) is 5.28. The largest absolute Gasteiger partial charge is 0.481 e. The van der Waals surface area contributed by atoms with Crippen LogP contribution < -0.4 is 4.72 Å². The lowest BCUT2D eigenvalue weighted by molar-refractivity contribution is -0.148. The second-order valence-electron chi connectivity index (χ2n) is 6.07. The molecule has 1 aliphatic rings. The maximum atomic E-state index is 12.4. The van der Waals surface area contributed by atoms with Crippen molar-refractivity contribution in [2.24, 2.45) is 5.41 Å². The van der Waals surface area contributed by atoms with Gasteiger partial charge in [-0.15, -0.1) is 0 Å². The molecule has 1 heterocycles. The molecule has 2 aromatic rings. The van der Waals surface area contributed by atoms with Gasteiger partial charge in [0.1, 0.15) is 4.90 Å². The molecule has 7 nitrogen and oxygen atoms in total. The van der Waals surface area contributed by atoms with Crippen LogP contribution in [0.1, 0.15) is 25.7 Å². The van der Waals surface area contributed by atoms with Gasteiger partial charge >= 0.3 is 5.97 Å². The number of hydrogen-bond donors (Lipinski definition) is 2. The lowest BCUT2D eigenvalue weighted by Gasteiger charge is -2.23. The van der Waals surface area contributed by atoms with Crippen molar-refractivity contribution >= 4 is 16.0 Å². The minimum absolute atomic E-state index is 0.0184. The van der Waals surface area contributed by atoms with E-state index in [1.165, 1.54) is 17.1 Å². The summed E-state index contributed by atoms with van der Waals surface area (Å²) >= 11 is 0.